The average Bonchev–Trinajstić information content (AvgIpc) is 2.71. The van der Waals surface area contributed by atoms with Crippen molar-refractivity contribution in [2.24, 2.45) is 0 Å². The van der Waals surface area contributed by atoms with E-state index in [1.807, 2.05) is 12.1 Å². The van der Waals surface area contributed by atoms with Gasteiger partial charge in [-0.3, -0.25) is 0 Å². The van der Waals surface area contributed by atoms with E-state index in [1.54, 1.807) is 6.20 Å². The van der Waals surface area contributed by atoms with Crippen molar-refractivity contribution in [1.29, 1.82) is 0 Å². The number of nitrogens with zero attached hydrogens (tertiary/aromatic N) is 2. The molecule has 1 aromatic rings. The summed E-state index contributed by atoms with van der Waals surface area (Å²) in [5.41, 5.74) is 0. The molecule has 1 saturated carbocycles. The molecule has 0 saturated heterocycles. The summed E-state index contributed by atoms with van der Waals surface area (Å²) >= 11 is 5.80. The van der Waals surface area contributed by atoms with Gasteiger partial charge >= 0.3 is 0 Å². The van der Waals surface area contributed by atoms with Crippen LogP contribution >= 0.6 is 11.6 Å². The van der Waals surface area contributed by atoms with Gasteiger partial charge in [0.15, 0.2) is 0 Å². The second-order valence-electron chi connectivity index (χ2n) is 3.88. The summed E-state index contributed by atoms with van der Waals surface area (Å²) in [6, 6.07) is 4.55. The Hall–Kier alpha value is -0.760. The third-order valence-electron chi connectivity index (χ3n) is 2.95. The molecule has 1 fully saturated rings. The fourth-order valence-electron chi connectivity index (χ4n) is 2.06. The molecule has 0 spiro atoms. The molecular weight excluding hydrogens is 196 g/mol. The Morgan fingerprint density at radius 2 is 2.07 bits per heavy atom. The molecule has 1 heterocycles. The SMILES string of the molecule is CN(c1ccc(Cl)cn1)C1CCCC1. The van der Waals surface area contributed by atoms with Crippen LogP contribution in [0.4, 0.5) is 5.82 Å². The number of anilines is 1. The lowest BCUT2D eigenvalue weighted by Gasteiger charge is -2.25. The Balaban J connectivity index is 2.09. The van der Waals surface area contributed by atoms with Crippen molar-refractivity contribution in [2.45, 2.75) is 31.7 Å². The Kier molecular flexibility index (Phi) is 2.92. The topological polar surface area (TPSA) is 16.1 Å². The molecule has 1 aromatic heterocycles. The van der Waals surface area contributed by atoms with Crippen molar-refractivity contribution in [3.05, 3.63) is 23.4 Å². The third-order valence-corrected chi connectivity index (χ3v) is 3.17. The van der Waals surface area contributed by atoms with Crippen LogP contribution in [0.5, 0.6) is 0 Å². The molecule has 0 amide bonds. The quantitative estimate of drug-likeness (QED) is 0.746. The van der Waals surface area contributed by atoms with Gasteiger partial charge in [0.05, 0.1) is 5.02 Å². The van der Waals surface area contributed by atoms with Gasteiger partial charge in [-0.15, -0.1) is 0 Å². The smallest absolute Gasteiger partial charge is 0.128 e. The molecule has 2 nitrogen and oxygen atoms in total. The maximum Gasteiger partial charge on any atom is 0.128 e. The van der Waals surface area contributed by atoms with Crippen LogP contribution in [0.1, 0.15) is 25.7 Å². The van der Waals surface area contributed by atoms with Crippen LogP contribution in [0.25, 0.3) is 0 Å². The summed E-state index contributed by atoms with van der Waals surface area (Å²) in [5, 5.41) is 0.702. The summed E-state index contributed by atoms with van der Waals surface area (Å²) in [5.74, 6) is 1.03. The molecule has 2 rings (SSSR count). The van der Waals surface area contributed by atoms with Crippen LogP contribution in [0, 0.1) is 0 Å². The van der Waals surface area contributed by atoms with Crippen molar-refractivity contribution < 1.29 is 0 Å². The molecular formula is C11H15ClN2. The van der Waals surface area contributed by atoms with Crippen LogP contribution in [-0.2, 0) is 0 Å². The van der Waals surface area contributed by atoms with E-state index in [2.05, 4.69) is 16.9 Å². The summed E-state index contributed by atoms with van der Waals surface area (Å²) in [6.45, 7) is 0. The van der Waals surface area contributed by atoms with E-state index in [1.165, 1.54) is 25.7 Å². The Morgan fingerprint density at radius 1 is 1.36 bits per heavy atom. The fraction of sp³-hybridized carbons (Fsp3) is 0.545. The molecule has 0 aromatic carbocycles. The maximum absolute atomic E-state index is 5.80. The van der Waals surface area contributed by atoms with E-state index in [4.69, 9.17) is 11.6 Å². The monoisotopic (exact) mass is 210 g/mol. The number of hydrogen-bond acceptors (Lipinski definition) is 2. The molecule has 0 bridgehead atoms. The first kappa shape index (κ1) is 9.78. The van der Waals surface area contributed by atoms with E-state index in [-0.39, 0.29) is 0 Å². The van der Waals surface area contributed by atoms with Crippen LogP contribution in [0.3, 0.4) is 0 Å². The van der Waals surface area contributed by atoms with Gasteiger partial charge in [-0.2, -0.15) is 0 Å². The molecule has 0 N–H and O–H groups in total. The minimum atomic E-state index is 0.670. The van der Waals surface area contributed by atoms with Gasteiger partial charge in [-0.1, -0.05) is 24.4 Å². The Bertz CT molecular complexity index is 291. The van der Waals surface area contributed by atoms with E-state index in [9.17, 15) is 0 Å². The third kappa shape index (κ3) is 2.01. The lowest BCUT2D eigenvalue weighted by atomic mass is 10.2. The van der Waals surface area contributed by atoms with Crippen molar-refractivity contribution in [3.8, 4) is 0 Å². The number of halogens is 1. The highest BCUT2D eigenvalue weighted by Crippen LogP contribution is 2.25. The molecule has 14 heavy (non-hydrogen) atoms. The van der Waals surface area contributed by atoms with E-state index in [0.29, 0.717) is 11.1 Å². The van der Waals surface area contributed by atoms with Crippen LogP contribution in [0.15, 0.2) is 18.3 Å². The van der Waals surface area contributed by atoms with Gasteiger partial charge in [0.2, 0.25) is 0 Å². The number of rotatable bonds is 2. The average molecular weight is 211 g/mol. The molecule has 1 aliphatic carbocycles. The largest absolute Gasteiger partial charge is 0.357 e. The molecule has 76 valence electrons. The highest BCUT2D eigenvalue weighted by Gasteiger charge is 2.20. The highest BCUT2D eigenvalue weighted by atomic mass is 35.5. The zero-order valence-electron chi connectivity index (χ0n) is 8.41. The summed E-state index contributed by atoms with van der Waals surface area (Å²) in [4.78, 5) is 6.58. The predicted octanol–water partition coefficient (Wildman–Crippen LogP) is 3.11. The second-order valence-corrected chi connectivity index (χ2v) is 4.32. The van der Waals surface area contributed by atoms with Gasteiger partial charge in [0.1, 0.15) is 5.82 Å². The summed E-state index contributed by atoms with van der Waals surface area (Å²) < 4.78 is 0. The minimum absolute atomic E-state index is 0.670. The molecule has 0 unspecified atom stereocenters. The maximum atomic E-state index is 5.80. The van der Waals surface area contributed by atoms with E-state index in [0.717, 1.165) is 5.82 Å². The second kappa shape index (κ2) is 4.18. The van der Waals surface area contributed by atoms with Gasteiger partial charge in [0.25, 0.3) is 0 Å². The highest BCUT2D eigenvalue weighted by molar-refractivity contribution is 6.30. The van der Waals surface area contributed by atoms with Gasteiger partial charge in [-0.05, 0) is 25.0 Å². The van der Waals surface area contributed by atoms with Crippen LogP contribution < -0.4 is 4.90 Å². The molecule has 0 atom stereocenters. The first-order valence-electron chi connectivity index (χ1n) is 5.12. The van der Waals surface area contributed by atoms with Crippen molar-refractivity contribution in [3.63, 3.8) is 0 Å². The zero-order valence-corrected chi connectivity index (χ0v) is 9.17. The van der Waals surface area contributed by atoms with Crippen LogP contribution in [-0.4, -0.2) is 18.1 Å². The molecule has 0 radical (unpaired) electrons. The minimum Gasteiger partial charge on any atom is -0.357 e. The van der Waals surface area contributed by atoms with Crippen molar-refractivity contribution in [1.82, 2.24) is 4.98 Å². The van der Waals surface area contributed by atoms with Gasteiger partial charge in [0, 0.05) is 19.3 Å². The van der Waals surface area contributed by atoms with Gasteiger partial charge < -0.3 is 4.90 Å². The van der Waals surface area contributed by atoms with Crippen molar-refractivity contribution in [2.75, 3.05) is 11.9 Å². The molecule has 1 aliphatic rings. The van der Waals surface area contributed by atoms with E-state index >= 15 is 0 Å². The van der Waals surface area contributed by atoms with E-state index < -0.39 is 0 Å². The molecule has 3 heteroatoms. The number of pyridine rings is 1. The first-order valence-corrected chi connectivity index (χ1v) is 5.49. The Morgan fingerprint density at radius 3 is 2.64 bits per heavy atom. The normalized spacial score (nSPS) is 17.3. The predicted molar refractivity (Wildman–Crippen MR) is 59.9 cm³/mol. The summed E-state index contributed by atoms with van der Waals surface area (Å²) in [6.07, 6.45) is 7.00. The number of hydrogen-bond donors (Lipinski definition) is 0. The lowest BCUT2D eigenvalue weighted by molar-refractivity contribution is 0.646. The zero-order chi connectivity index (χ0) is 9.97. The summed E-state index contributed by atoms with van der Waals surface area (Å²) in [7, 11) is 2.12. The number of aromatic nitrogens is 1. The fourth-order valence-corrected chi connectivity index (χ4v) is 2.17. The van der Waals surface area contributed by atoms with Gasteiger partial charge in [-0.25, -0.2) is 4.98 Å². The standard InChI is InChI=1S/C11H15ClN2/c1-14(10-4-2-3-5-10)11-7-6-9(12)8-13-11/h6-8,10H,2-5H2,1H3. The molecule has 0 aliphatic heterocycles. The lowest BCUT2D eigenvalue weighted by Crippen LogP contribution is -2.29. The van der Waals surface area contributed by atoms with Crippen LogP contribution in [0.2, 0.25) is 5.02 Å². The first-order chi connectivity index (χ1) is 6.77. The Labute approximate surface area is 89.9 Å². The van der Waals surface area contributed by atoms with Crippen molar-refractivity contribution >= 4 is 17.4 Å².